The van der Waals surface area contributed by atoms with Crippen molar-refractivity contribution < 1.29 is 9.53 Å². The molecule has 1 aliphatic carbocycles. The van der Waals surface area contributed by atoms with E-state index in [0.717, 1.165) is 52.3 Å². The fraction of sp³-hybridized carbons (Fsp3) is 0.346. The maximum atomic E-state index is 13.7. The summed E-state index contributed by atoms with van der Waals surface area (Å²) in [6, 6.07) is 13.8. The second-order valence-electron chi connectivity index (χ2n) is 9.07. The van der Waals surface area contributed by atoms with Crippen molar-refractivity contribution in [2.24, 2.45) is 5.92 Å². The number of hydrogen-bond acceptors (Lipinski definition) is 4. The lowest BCUT2D eigenvalue weighted by atomic mass is 9.98. The van der Waals surface area contributed by atoms with E-state index in [-0.39, 0.29) is 11.9 Å². The van der Waals surface area contributed by atoms with Crippen LogP contribution in [0.2, 0.25) is 0 Å². The summed E-state index contributed by atoms with van der Waals surface area (Å²) < 4.78 is 7.83. The number of nitrogens with zero attached hydrogens (tertiary/aromatic N) is 4. The van der Waals surface area contributed by atoms with Crippen molar-refractivity contribution in [3.8, 4) is 5.75 Å². The Balaban J connectivity index is 1.45. The third-order valence-electron chi connectivity index (χ3n) is 6.68. The SMILES string of the molecule is CCCOc1ccc(C2c3c(nn(CC4CC4)c3C)C(=O)N2c2ccc3nc[nH]c3c2)cc1. The smallest absolute Gasteiger partial charge is 0.280 e. The highest BCUT2D eigenvalue weighted by Gasteiger charge is 2.43. The van der Waals surface area contributed by atoms with E-state index in [0.29, 0.717) is 18.2 Å². The van der Waals surface area contributed by atoms with Crippen LogP contribution < -0.4 is 9.64 Å². The summed E-state index contributed by atoms with van der Waals surface area (Å²) in [5, 5.41) is 4.79. The number of benzene rings is 2. The normalized spacial score (nSPS) is 17.7. The number of hydrogen-bond donors (Lipinski definition) is 1. The highest BCUT2D eigenvalue weighted by atomic mass is 16.5. The third-order valence-corrected chi connectivity index (χ3v) is 6.68. The largest absolute Gasteiger partial charge is 0.494 e. The fourth-order valence-corrected chi connectivity index (χ4v) is 4.75. The fourth-order valence-electron chi connectivity index (χ4n) is 4.75. The molecule has 1 unspecified atom stereocenters. The van der Waals surface area contributed by atoms with Gasteiger partial charge < -0.3 is 9.72 Å². The van der Waals surface area contributed by atoms with Gasteiger partial charge in [-0.25, -0.2) is 4.98 Å². The van der Waals surface area contributed by atoms with Gasteiger partial charge in [0.05, 0.1) is 30.0 Å². The molecule has 6 rings (SSSR count). The number of ether oxygens (including phenoxy) is 1. The summed E-state index contributed by atoms with van der Waals surface area (Å²) in [5.74, 6) is 1.47. The quantitative estimate of drug-likeness (QED) is 0.437. The lowest BCUT2D eigenvalue weighted by Crippen LogP contribution is -2.30. The highest BCUT2D eigenvalue weighted by Crippen LogP contribution is 2.44. The first kappa shape index (κ1) is 20.0. The predicted molar refractivity (Wildman–Crippen MR) is 127 cm³/mol. The monoisotopic (exact) mass is 441 g/mol. The lowest BCUT2D eigenvalue weighted by molar-refractivity contribution is 0.0987. The molecule has 0 saturated heterocycles. The Bertz CT molecular complexity index is 1330. The molecular weight excluding hydrogens is 414 g/mol. The molecule has 0 radical (unpaired) electrons. The molecule has 1 atom stereocenters. The topological polar surface area (TPSA) is 76.0 Å². The Kier molecular flexibility index (Phi) is 4.71. The Labute approximate surface area is 192 Å². The number of aromatic nitrogens is 4. The van der Waals surface area contributed by atoms with Crippen molar-refractivity contribution in [2.75, 3.05) is 11.5 Å². The minimum absolute atomic E-state index is 0.0576. The van der Waals surface area contributed by atoms with E-state index in [2.05, 4.69) is 35.9 Å². The average molecular weight is 442 g/mol. The summed E-state index contributed by atoms with van der Waals surface area (Å²) in [4.78, 5) is 23.1. The molecule has 2 aromatic heterocycles. The zero-order valence-corrected chi connectivity index (χ0v) is 18.9. The molecule has 0 spiro atoms. The van der Waals surface area contributed by atoms with Gasteiger partial charge in [0.2, 0.25) is 0 Å². The van der Waals surface area contributed by atoms with Crippen LogP contribution in [0.1, 0.15) is 59.5 Å². The van der Waals surface area contributed by atoms with E-state index in [9.17, 15) is 4.79 Å². The molecule has 3 heterocycles. The van der Waals surface area contributed by atoms with Gasteiger partial charge in [0.15, 0.2) is 5.69 Å². The zero-order chi connectivity index (χ0) is 22.5. The van der Waals surface area contributed by atoms with Crippen LogP contribution >= 0.6 is 0 Å². The van der Waals surface area contributed by atoms with Gasteiger partial charge in [0.25, 0.3) is 5.91 Å². The van der Waals surface area contributed by atoms with Crippen molar-refractivity contribution in [1.29, 1.82) is 0 Å². The summed E-state index contributed by atoms with van der Waals surface area (Å²) in [6.45, 7) is 5.77. The van der Waals surface area contributed by atoms with Gasteiger partial charge in [-0.1, -0.05) is 19.1 Å². The van der Waals surface area contributed by atoms with Crippen LogP contribution in [0.4, 0.5) is 5.69 Å². The van der Waals surface area contributed by atoms with Crippen LogP contribution in [0, 0.1) is 12.8 Å². The van der Waals surface area contributed by atoms with Gasteiger partial charge >= 0.3 is 0 Å². The predicted octanol–water partition coefficient (Wildman–Crippen LogP) is 5.02. The first-order chi connectivity index (χ1) is 16.1. The average Bonchev–Trinajstić information content (AvgIpc) is 3.31. The Morgan fingerprint density at radius 2 is 1.97 bits per heavy atom. The van der Waals surface area contributed by atoms with E-state index in [1.54, 1.807) is 6.33 Å². The number of anilines is 1. The van der Waals surface area contributed by atoms with Gasteiger partial charge in [-0.2, -0.15) is 5.10 Å². The van der Waals surface area contributed by atoms with Gasteiger partial charge in [-0.05, 0) is 68.0 Å². The summed E-state index contributed by atoms with van der Waals surface area (Å²) >= 11 is 0. The van der Waals surface area contributed by atoms with Gasteiger partial charge in [0.1, 0.15) is 5.75 Å². The van der Waals surface area contributed by atoms with Crippen molar-refractivity contribution >= 4 is 22.6 Å². The molecule has 33 heavy (non-hydrogen) atoms. The van der Waals surface area contributed by atoms with Crippen LogP contribution in [0.25, 0.3) is 11.0 Å². The Hall–Kier alpha value is -3.61. The molecule has 2 aliphatic rings. The molecule has 168 valence electrons. The minimum Gasteiger partial charge on any atom is -0.494 e. The maximum absolute atomic E-state index is 13.7. The van der Waals surface area contributed by atoms with Gasteiger partial charge in [0, 0.05) is 23.5 Å². The Morgan fingerprint density at radius 3 is 2.73 bits per heavy atom. The summed E-state index contributed by atoms with van der Waals surface area (Å²) in [7, 11) is 0. The van der Waals surface area contributed by atoms with Crippen LogP contribution in [0.15, 0.2) is 48.8 Å². The number of fused-ring (bicyclic) bond motifs is 2. The summed E-state index contributed by atoms with van der Waals surface area (Å²) in [6.07, 6.45) is 5.13. The molecule has 1 saturated carbocycles. The molecular formula is C26H27N5O2. The highest BCUT2D eigenvalue weighted by molar-refractivity contribution is 6.11. The van der Waals surface area contributed by atoms with Crippen LogP contribution in [0.3, 0.4) is 0 Å². The molecule has 1 aliphatic heterocycles. The number of imidazole rings is 1. The zero-order valence-electron chi connectivity index (χ0n) is 18.9. The van der Waals surface area contributed by atoms with E-state index in [1.165, 1.54) is 12.8 Å². The second-order valence-corrected chi connectivity index (χ2v) is 9.07. The number of rotatable bonds is 7. The van der Waals surface area contributed by atoms with Crippen molar-refractivity contribution in [2.45, 2.75) is 45.7 Å². The number of nitrogens with one attached hydrogen (secondary N) is 1. The van der Waals surface area contributed by atoms with Crippen LogP contribution in [0.5, 0.6) is 5.75 Å². The van der Waals surface area contributed by atoms with E-state index in [1.807, 2.05) is 39.9 Å². The molecule has 2 aromatic carbocycles. The van der Waals surface area contributed by atoms with Crippen LogP contribution in [-0.4, -0.2) is 32.3 Å². The third kappa shape index (κ3) is 3.39. The number of carbonyl (C=O) groups excluding carboxylic acids is 1. The number of amides is 1. The molecule has 1 N–H and O–H groups in total. The van der Waals surface area contributed by atoms with E-state index >= 15 is 0 Å². The molecule has 7 nitrogen and oxygen atoms in total. The number of H-pyrrole nitrogens is 1. The first-order valence-corrected chi connectivity index (χ1v) is 11.7. The first-order valence-electron chi connectivity index (χ1n) is 11.7. The van der Waals surface area contributed by atoms with E-state index in [4.69, 9.17) is 9.84 Å². The number of aromatic amines is 1. The second kappa shape index (κ2) is 7.76. The van der Waals surface area contributed by atoms with Crippen molar-refractivity contribution in [3.63, 3.8) is 0 Å². The molecule has 1 fully saturated rings. The van der Waals surface area contributed by atoms with Gasteiger partial charge in [-0.3, -0.25) is 14.4 Å². The van der Waals surface area contributed by atoms with Crippen molar-refractivity contribution in [1.82, 2.24) is 19.7 Å². The summed E-state index contributed by atoms with van der Waals surface area (Å²) in [5.41, 5.74) is 6.31. The standard InChI is InChI=1S/C26H27N5O2/c1-3-12-33-20-9-6-18(7-10-20)25-23-16(2)30(14-17-4-5-17)29-24(23)26(32)31(25)19-8-11-21-22(13-19)28-15-27-21/h6-11,13,15,17,25H,3-5,12,14H2,1-2H3,(H,27,28). The molecule has 7 heteroatoms. The molecule has 1 amide bonds. The van der Waals surface area contributed by atoms with Gasteiger partial charge in [-0.15, -0.1) is 0 Å². The van der Waals surface area contributed by atoms with Crippen molar-refractivity contribution in [3.05, 3.63) is 71.3 Å². The van der Waals surface area contributed by atoms with E-state index < -0.39 is 0 Å². The van der Waals surface area contributed by atoms with Crippen LogP contribution in [-0.2, 0) is 6.54 Å². The number of carbonyl (C=O) groups is 1. The molecule has 0 bridgehead atoms. The molecule has 4 aromatic rings. The minimum atomic E-state index is -0.235. The lowest BCUT2D eigenvalue weighted by Gasteiger charge is -2.27. The maximum Gasteiger partial charge on any atom is 0.280 e. The Morgan fingerprint density at radius 1 is 1.15 bits per heavy atom.